The van der Waals surface area contributed by atoms with Gasteiger partial charge in [0.15, 0.2) is 0 Å². The van der Waals surface area contributed by atoms with Gasteiger partial charge in [-0.05, 0) is 29.8 Å². The highest BCUT2D eigenvalue weighted by Crippen LogP contribution is 2.13. The Hall–Kier alpha value is -2.53. The highest BCUT2D eigenvalue weighted by Gasteiger charge is 2.20. The molecule has 0 unspecified atom stereocenters. The number of hydrogen-bond acceptors (Lipinski definition) is 3. The Morgan fingerprint density at radius 2 is 1.76 bits per heavy atom. The Kier molecular flexibility index (Phi) is 5.90. The van der Waals surface area contributed by atoms with Crippen molar-refractivity contribution in [2.45, 2.75) is 19.4 Å². The normalized spacial score (nSPS) is 14.1. The van der Waals surface area contributed by atoms with Gasteiger partial charge in [-0.25, -0.2) is 4.79 Å². The molecule has 25 heavy (non-hydrogen) atoms. The maximum absolute atomic E-state index is 12.2. The van der Waals surface area contributed by atoms with E-state index in [9.17, 15) is 4.79 Å². The van der Waals surface area contributed by atoms with Gasteiger partial charge in [0, 0.05) is 36.6 Å². The van der Waals surface area contributed by atoms with E-state index < -0.39 is 0 Å². The van der Waals surface area contributed by atoms with Crippen molar-refractivity contribution >= 4 is 29.0 Å². The molecule has 1 saturated heterocycles. The van der Waals surface area contributed by atoms with Crippen molar-refractivity contribution in [2.24, 2.45) is 5.16 Å². The summed E-state index contributed by atoms with van der Waals surface area (Å²) in [6.07, 6.45) is 1.45. The van der Waals surface area contributed by atoms with Crippen LogP contribution in [-0.4, -0.2) is 29.7 Å². The molecule has 0 spiro atoms. The molecule has 0 bridgehead atoms. The van der Waals surface area contributed by atoms with Crippen molar-refractivity contribution in [3.63, 3.8) is 0 Å². The number of nitrogens with zero attached hydrogens (tertiary/aromatic N) is 2. The number of carbonyl (C=O) groups is 1. The third-order valence-corrected chi connectivity index (χ3v) is 4.24. The van der Waals surface area contributed by atoms with Crippen molar-refractivity contribution < 1.29 is 9.63 Å². The fourth-order valence-corrected chi connectivity index (χ4v) is 2.69. The molecule has 0 saturated carbocycles. The van der Waals surface area contributed by atoms with Crippen molar-refractivity contribution in [2.75, 3.05) is 18.4 Å². The van der Waals surface area contributed by atoms with Crippen LogP contribution < -0.4 is 5.32 Å². The van der Waals surface area contributed by atoms with E-state index in [0.717, 1.165) is 29.8 Å². The Balaban J connectivity index is 1.43. The maximum Gasteiger partial charge on any atom is 0.321 e. The average Bonchev–Trinajstić information content (AvgIpc) is 2.65. The van der Waals surface area contributed by atoms with Gasteiger partial charge < -0.3 is 15.1 Å². The van der Waals surface area contributed by atoms with Crippen LogP contribution >= 0.6 is 11.6 Å². The molecule has 5 nitrogen and oxygen atoms in total. The van der Waals surface area contributed by atoms with Crippen LogP contribution in [0.25, 0.3) is 0 Å². The molecule has 0 radical (unpaired) electrons. The molecule has 1 fully saturated rings. The van der Waals surface area contributed by atoms with Crippen molar-refractivity contribution in [1.29, 1.82) is 0 Å². The molecule has 130 valence electrons. The van der Waals surface area contributed by atoms with Gasteiger partial charge in [0.1, 0.15) is 6.61 Å². The Morgan fingerprint density at radius 1 is 1.08 bits per heavy atom. The minimum atomic E-state index is -0.0765. The standard InChI is InChI=1S/C19H20ClN3O2/c20-16-8-6-15(7-9-16)14-25-22-18-10-12-23(13-11-18)19(24)21-17-4-2-1-3-5-17/h1-9H,10-14H2,(H,21,24). The molecule has 1 aliphatic heterocycles. The number of para-hydroxylation sites is 1. The number of anilines is 1. The molecule has 1 N–H and O–H groups in total. The summed E-state index contributed by atoms with van der Waals surface area (Å²) in [5, 5.41) is 7.81. The predicted molar refractivity (Wildman–Crippen MR) is 99.9 cm³/mol. The monoisotopic (exact) mass is 357 g/mol. The van der Waals surface area contributed by atoms with Gasteiger partial charge in [-0.15, -0.1) is 0 Å². The summed E-state index contributed by atoms with van der Waals surface area (Å²) in [6, 6.07) is 16.9. The number of urea groups is 1. The summed E-state index contributed by atoms with van der Waals surface area (Å²) in [5.74, 6) is 0. The predicted octanol–water partition coefficient (Wildman–Crippen LogP) is 4.54. The molecule has 0 aromatic heterocycles. The van der Waals surface area contributed by atoms with Crippen molar-refractivity contribution in [1.82, 2.24) is 4.90 Å². The first-order valence-corrected chi connectivity index (χ1v) is 8.61. The number of oxime groups is 1. The summed E-state index contributed by atoms with van der Waals surface area (Å²) in [7, 11) is 0. The lowest BCUT2D eigenvalue weighted by atomic mass is 10.1. The molecular formula is C19H20ClN3O2. The topological polar surface area (TPSA) is 53.9 Å². The first kappa shape index (κ1) is 17.3. The number of benzene rings is 2. The number of hydrogen-bond donors (Lipinski definition) is 1. The number of carbonyl (C=O) groups excluding carboxylic acids is 1. The maximum atomic E-state index is 12.2. The average molecular weight is 358 g/mol. The number of rotatable bonds is 4. The van der Waals surface area contributed by atoms with Gasteiger partial charge in [0.05, 0.1) is 5.71 Å². The van der Waals surface area contributed by atoms with Crippen LogP contribution in [0.15, 0.2) is 59.8 Å². The van der Waals surface area contributed by atoms with Gasteiger partial charge in [0.2, 0.25) is 0 Å². The lowest BCUT2D eigenvalue weighted by molar-refractivity contribution is 0.127. The summed E-state index contributed by atoms with van der Waals surface area (Å²) >= 11 is 5.85. The lowest BCUT2D eigenvalue weighted by Crippen LogP contribution is -2.41. The molecule has 2 aromatic carbocycles. The molecule has 1 heterocycles. The van der Waals surface area contributed by atoms with Gasteiger partial charge in [0.25, 0.3) is 0 Å². The van der Waals surface area contributed by atoms with E-state index >= 15 is 0 Å². The largest absolute Gasteiger partial charge is 0.391 e. The second kappa shape index (κ2) is 8.53. The molecule has 6 heteroatoms. The van der Waals surface area contributed by atoms with Crippen LogP contribution in [-0.2, 0) is 11.4 Å². The van der Waals surface area contributed by atoms with Crippen LogP contribution in [0.1, 0.15) is 18.4 Å². The number of nitrogens with one attached hydrogen (secondary N) is 1. The molecule has 3 rings (SSSR count). The summed E-state index contributed by atoms with van der Waals surface area (Å²) in [4.78, 5) is 19.4. The van der Waals surface area contributed by atoms with Crippen LogP contribution in [0, 0.1) is 0 Å². The third-order valence-electron chi connectivity index (χ3n) is 3.99. The van der Waals surface area contributed by atoms with Gasteiger partial charge in [-0.2, -0.15) is 0 Å². The first-order valence-electron chi connectivity index (χ1n) is 8.24. The Bertz CT molecular complexity index is 722. The zero-order valence-electron chi connectivity index (χ0n) is 13.8. The second-order valence-corrected chi connectivity index (χ2v) is 6.28. The number of halogens is 1. The van der Waals surface area contributed by atoms with E-state index in [4.69, 9.17) is 16.4 Å². The zero-order valence-corrected chi connectivity index (χ0v) is 14.6. The van der Waals surface area contributed by atoms with Crippen molar-refractivity contribution in [3.05, 3.63) is 65.2 Å². The molecule has 2 amide bonds. The van der Waals surface area contributed by atoms with E-state index in [2.05, 4.69) is 10.5 Å². The summed E-state index contributed by atoms with van der Waals surface area (Å²) in [6.45, 7) is 1.70. The van der Waals surface area contributed by atoms with E-state index in [0.29, 0.717) is 24.7 Å². The van der Waals surface area contributed by atoms with Gasteiger partial charge in [-0.3, -0.25) is 0 Å². The molecule has 0 aliphatic carbocycles. The molecule has 0 atom stereocenters. The van der Waals surface area contributed by atoms with E-state index in [-0.39, 0.29) is 6.03 Å². The van der Waals surface area contributed by atoms with Crippen LogP contribution in [0.2, 0.25) is 5.02 Å². The van der Waals surface area contributed by atoms with Crippen LogP contribution in [0.4, 0.5) is 10.5 Å². The van der Waals surface area contributed by atoms with E-state index in [1.54, 1.807) is 4.90 Å². The quantitative estimate of drug-likeness (QED) is 0.816. The van der Waals surface area contributed by atoms with Crippen LogP contribution in [0.5, 0.6) is 0 Å². The smallest absolute Gasteiger partial charge is 0.321 e. The summed E-state index contributed by atoms with van der Waals surface area (Å²) < 4.78 is 0. The molecule has 1 aliphatic rings. The van der Waals surface area contributed by atoms with Gasteiger partial charge in [-0.1, -0.05) is 47.1 Å². The molecule has 2 aromatic rings. The SMILES string of the molecule is O=C(Nc1ccccc1)N1CCC(=NOCc2ccc(Cl)cc2)CC1. The minimum Gasteiger partial charge on any atom is -0.391 e. The third kappa shape index (κ3) is 5.22. The molecular weight excluding hydrogens is 338 g/mol. The minimum absolute atomic E-state index is 0.0765. The van der Waals surface area contributed by atoms with E-state index in [1.807, 2.05) is 54.6 Å². The Labute approximate surface area is 152 Å². The lowest BCUT2D eigenvalue weighted by Gasteiger charge is -2.27. The fourth-order valence-electron chi connectivity index (χ4n) is 2.56. The van der Waals surface area contributed by atoms with Crippen molar-refractivity contribution in [3.8, 4) is 0 Å². The highest BCUT2D eigenvalue weighted by atomic mass is 35.5. The van der Waals surface area contributed by atoms with E-state index in [1.165, 1.54) is 0 Å². The fraction of sp³-hybridized carbons (Fsp3) is 0.263. The van der Waals surface area contributed by atoms with Crippen LogP contribution in [0.3, 0.4) is 0 Å². The first-order chi connectivity index (χ1) is 12.2. The number of piperidine rings is 1. The van der Waals surface area contributed by atoms with Gasteiger partial charge >= 0.3 is 6.03 Å². The Morgan fingerprint density at radius 3 is 2.44 bits per heavy atom. The number of amides is 2. The zero-order chi connectivity index (χ0) is 17.5. The highest BCUT2D eigenvalue weighted by molar-refractivity contribution is 6.30. The number of likely N-dealkylation sites (tertiary alicyclic amines) is 1. The second-order valence-electron chi connectivity index (χ2n) is 5.84. The summed E-state index contributed by atoms with van der Waals surface area (Å²) in [5.41, 5.74) is 2.81.